The average molecular weight is 321 g/mol. The molecule has 0 aliphatic rings. The lowest BCUT2D eigenvalue weighted by molar-refractivity contribution is -0.123. The lowest BCUT2D eigenvalue weighted by Crippen LogP contribution is -2.27. The molecule has 0 spiro atoms. The summed E-state index contributed by atoms with van der Waals surface area (Å²) in [6.07, 6.45) is 1.92. The number of carbonyl (C=O) groups is 2. The van der Waals surface area contributed by atoms with E-state index in [-0.39, 0.29) is 12.5 Å². The van der Waals surface area contributed by atoms with Crippen molar-refractivity contribution in [3.05, 3.63) is 23.8 Å². The Kier molecular flexibility index (Phi) is 7.07. The molecule has 5 heteroatoms. The number of unbranched alkanes of at least 4 members (excludes halogenated alkanes) is 1. The molecule has 1 aromatic carbocycles. The van der Waals surface area contributed by atoms with Gasteiger partial charge in [-0.3, -0.25) is 4.79 Å². The first-order valence-corrected chi connectivity index (χ1v) is 8.05. The quantitative estimate of drug-likeness (QED) is 0.608. The summed E-state index contributed by atoms with van der Waals surface area (Å²) in [6.45, 7) is 10.1. The molecule has 0 bridgehead atoms. The van der Waals surface area contributed by atoms with Gasteiger partial charge in [-0.15, -0.1) is 0 Å². The molecule has 0 saturated heterocycles. The van der Waals surface area contributed by atoms with Crippen LogP contribution in [-0.4, -0.2) is 25.1 Å². The number of benzene rings is 1. The van der Waals surface area contributed by atoms with Crippen molar-refractivity contribution in [1.82, 2.24) is 0 Å². The smallest absolute Gasteiger partial charge is 0.341 e. The maximum atomic E-state index is 12.1. The Hall–Kier alpha value is -2.04. The predicted molar refractivity (Wildman–Crippen MR) is 90.9 cm³/mol. The molecule has 1 rings (SSSR count). The van der Waals surface area contributed by atoms with Crippen LogP contribution < -0.4 is 10.1 Å². The molecule has 0 aromatic heterocycles. The van der Waals surface area contributed by atoms with Crippen molar-refractivity contribution in [2.24, 2.45) is 5.41 Å². The largest absolute Gasteiger partial charge is 0.493 e. The van der Waals surface area contributed by atoms with Gasteiger partial charge < -0.3 is 14.8 Å². The Labute approximate surface area is 138 Å². The molecule has 0 unspecified atom stereocenters. The zero-order chi connectivity index (χ0) is 17.5. The van der Waals surface area contributed by atoms with Crippen LogP contribution in [-0.2, 0) is 9.53 Å². The molecule has 0 atom stereocenters. The lowest BCUT2D eigenvalue weighted by Gasteiger charge is -2.18. The van der Waals surface area contributed by atoms with Crippen LogP contribution in [0.4, 0.5) is 5.69 Å². The molecule has 0 fully saturated rings. The minimum Gasteiger partial charge on any atom is -0.493 e. The number of amides is 1. The van der Waals surface area contributed by atoms with Gasteiger partial charge in [0.05, 0.1) is 13.2 Å². The zero-order valence-electron chi connectivity index (χ0n) is 14.7. The van der Waals surface area contributed by atoms with E-state index in [9.17, 15) is 9.59 Å². The molecule has 0 aliphatic carbocycles. The van der Waals surface area contributed by atoms with Gasteiger partial charge in [-0.25, -0.2) is 4.79 Å². The Bertz CT molecular complexity index is 546. The van der Waals surface area contributed by atoms with Gasteiger partial charge in [-0.1, -0.05) is 34.1 Å². The molecule has 0 radical (unpaired) electrons. The second kappa shape index (κ2) is 8.56. The van der Waals surface area contributed by atoms with E-state index in [0.717, 1.165) is 12.8 Å². The van der Waals surface area contributed by atoms with Crippen LogP contribution in [0.2, 0.25) is 0 Å². The van der Waals surface area contributed by atoms with Gasteiger partial charge in [-0.05, 0) is 31.5 Å². The third-order valence-electron chi connectivity index (χ3n) is 3.17. The number of esters is 1. The molecule has 0 heterocycles. The first-order chi connectivity index (χ1) is 10.8. The summed E-state index contributed by atoms with van der Waals surface area (Å²) in [5.74, 6) is -0.0940. The van der Waals surface area contributed by atoms with E-state index in [2.05, 4.69) is 12.2 Å². The van der Waals surface area contributed by atoms with Gasteiger partial charge in [0, 0.05) is 11.1 Å². The second-order valence-corrected chi connectivity index (χ2v) is 6.34. The van der Waals surface area contributed by atoms with Crippen molar-refractivity contribution in [3.63, 3.8) is 0 Å². The molecule has 23 heavy (non-hydrogen) atoms. The van der Waals surface area contributed by atoms with Crippen molar-refractivity contribution in [1.29, 1.82) is 0 Å². The summed E-state index contributed by atoms with van der Waals surface area (Å²) in [7, 11) is 0. The summed E-state index contributed by atoms with van der Waals surface area (Å²) in [5, 5.41) is 2.81. The number of rotatable bonds is 7. The van der Waals surface area contributed by atoms with Crippen molar-refractivity contribution in [3.8, 4) is 5.75 Å². The van der Waals surface area contributed by atoms with Crippen molar-refractivity contribution in [2.45, 2.75) is 47.5 Å². The molecule has 0 saturated carbocycles. The summed E-state index contributed by atoms with van der Waals surface area (Å²) in [5.41, 5.74) is 0.367. The number of hydrogen-bond acceptors (Lipinski definition) is 4. The monoisotopic (exact) mass is 321 g/mol. The topological polar surface area (TPSA) is 64.6 Å². The van der Waals surface area contributed by atoms with Crippen LogP contribution in [0.1, 0.15) is 57.8 Å². The molecule has 128 valence electrons. The molecule has 1 amide bonds. The van der Waals surface area contributed by atoms with E-state index < -0.39 is 11.4 Å². The van der Waals surface area contributed by atoms with Gasteiger partial charge >= 0.3 is 5.97 Å². The maximum absolute atomic E-state index is 12.1. The zero-order valence-corrected chi connectivity index (χ0v) is 14.7. The van der Waals surface area contributed by atoms with Crippen LogP contribution in [0, 0.1) is 5.41 Å². The first-order valence-electron chi connectivity index (χ1n) is 8.05. The van der Waals surface area contributed by atoms with E-state index in [4.69, 9.17) is 9.47 Å². The predicted octanol–water partition coefficient (Wildman–Crippen LogP) is 4.03. The maximum Gasteiger partial charge on any atom is 0.341 e. The molecule has 1 N–H and O–H groups in total. The fourth-order valence-electron chi connectivity index (χ4n) is 1.75. The van der Waals surface area contributed by atoms with E-state index >= 15 is 0 Å². The van der Waals surface area contributed by atoms with Crippen LogP contribution >= 0.6 is 0 Å². The highest BCUT2D eigenvalue weighted by molar-refractivity contribution is 5.98. The van der Waals surface area contributed by atoms with E-state index in [1.165, 1.54) is 0 Å². The molecular formula is C18H27NO4. The van der Waals surface area contributed by atoms with Gasteiger partial charge in [0.2, 0.25) is 5.91 Å². The fraction of sp³-hybridized carbons (Fsp3) is 0.556. The Morgan fingerprint density at radius 3 is 2.43 bits per heavy atom. The number of carbonyl (C=O) groups excluding carboxylic acids is 2. The second-order valence-electron chi connectivity index (χ2n) is 6.34. The highest BCUT2D eigenvalue weighted by Gasteiger charge is 2.22. The van der Waals surface area contributed by atoms with Gasteiger partial charge in [0.1, 0.15) is 11.3 Å². The number of hydrogen-bond donors (Lipinski definition) is 1. The minimum atomic E-state index is -0.514. The van der Waals surface area contributed by atoms with Gasteiger partial charge in [0.15, 0.2) is 0 Å². The Morgan fingerprint density at radius 1 is 1.17 bits per heavy atom. The summed E-state index contributed by atoms with van der Waals surface area (Å²) in [6, 6.07) is 5.02. The molecule has 5 nitrogen and oxygen atoms in total. The summed E-state index contributed by atoms with van der Waals surface area (Å²) in [4.78, 5) is 24.2. The van der Waals surface area contributed by atoms with Crippen LogP contribution in [0.5, 0.6) is 5.75 Å². The van der Waals surface area contributed by atoms with Crippen LogP contribution in [0.25, 0.3) is 0 Å². The van der Waals surface area contributed by atoms with Crippen LogP contribution in [0.3, 0.4) is 0 Å². The first kappa shape index (κ1) is 19.0. The average Bonchev–Trinajstić information content (AvgIpc) is 2.48. The van der Waals surface area contributed by atoms with E-state index in [1.54, 1.807) is 25.1 Å². The number of anilines is 1. The Morgan fingerprint density at radius 2 is 1.87 bits per heavy atom. The van der Waals surface area contributed by atoms with Crippen LogP contribution in [0.15, 0.2) is 18.2 Å². The molecule has 1 aromatic rings. The van der Waals surface area contributed by atoms with E-state index in [1.807, 2.05) is 20.8 Å². The normalized spacial score (nSPS) is 11.0. The number of ether oxygens (including phenoxy) is 2. The highest BCUT2D eigenvalue weighted by atomic mass is 16.5. The lowest BCUT2D eigenvalue weighted by atomic mass is 9.95. The standard InChI is InChI=1S/C18H27NO4/c1-6-8-11-23-15-10-9-13(19-17(21)18(3,4)5)12-14(15)16(20)22-7-2/h9-10,12H,6-8,11H2,1-5H3,(H,19,21). The summed E-state index contributed by atoms with van der Waals surface area (Å²) < 4.78 is 10.7. The van der Waals surface area contributed by atoms with Crippen molar-refractivity contribution < 1.29 is 19.1 Å². The SMILES string of the molecule is CCCCOc1ccc(NC(=O)C(C)(C)C)cc1C(=O)OCC. The fourth-order valence-corrected chi connectivity index (χ4v) is 1.75. The van der Waals surface area contributed by atoms with Gasteiger partial charge in [0.25, 0.3) is 0 Å². The third kappa shape index (κ3) is 5.93. The van der Waals surface area contributed by atoms with Crippen molar-refractivity contribution in [2.75, 3.05) is 18.5 Å². The highest BCUT2D eigenvalue weighted by Crippen LogP contribution is 2.25. The third-order valence-corrected chi connectivity index (χ3v) is 3.17. The molecular weight excluding hydrogens is 294 g/mol. The van der Waals surface area contributed by atoms with Crippen molar-refractivity contribution >= 4 is 17.6 Å². The summed E-state index contributed by atoms with van der Waals surface area (Å²) >= 11 is 0. The van der Waals surface area contributed by atoms with Gasteiger partial charge in [-0.2, -0.15) is 0 Å². The molecule has 0 aliphatic heterocycles. The minimum absolute atomic E-state index is 0.119. The number of nitrogens with one attached hydrogen (secondary N) is 1. The van der Waals surface area contributed by atoms with E-state index in [0.29, 0.717) is 23.6 Å². The Balaban J connectivity index is 3.01.